The molecule has 0 radical (unpaired) electrons. The van der Waals surface area contributed by atoms with Crippen LogP contribution in [0.5, 0.6) is 5.75 Å². The molecule has 1 aliphatic heterocycles. The highest BCUT2D eigenvalue weighted by atomic mass is 19.1. The summed E-state index contributed by atoms with van der Waals surface area (Å²) < 4.78 is 19.9. The summed E-state index contributed by atoms with van der Waals surface area (Å²) >= 11 is 0. The minimum atomic E-state index is -0.742. The first-order valence-corrected chi connectivity index (χ1v) is 11.6. The van der Waals surface area contributed by atoms with Crippen LogP contribution in [-0.4, -0.2) is 29.3 Å². The molecule has 4 aromatic rings. The second-order valence-corrected chi connectivity index (χ2v) is 8.37. The van der Waals surface area contributed by atoms with Gasteiger partial charge in [0.2, 0.25) is 5.91 Å². The number of benzene rings is 4. The number of carbonyl (C=O) groups is 3. The van der Waals surface area contributed by atoms with Crippen molar-refractivity contribution in [3.8, 4) is 5.75 Å². The summed E-state index contributed by atoms with van der Waals surface area (Å²) in [7, 11) is 0. The first-order chi connectivity index (χ1) is 18.0. The highest BCUT2D eigenvalue weighted by molar-refractivity contribution is 6.16. The second-order valence-electron chi connectivity index (χ2n) is 8.37. The van der Waals surface area contributed by atoms with Crippen LogP contribution in [0.2, 0.25) is 0 Å². The van der Waals surface area contributed by atoms with Crippen molar-refractivity contribution in [1.29, 1.82) is 0 Å². The Morgan fingerprint density at radius 2 is 1.65 bits per heavy atom. The second kappa shape index (κ2) is 10.3. The molecule has 0 aliphatic carbocycles. The van der Waals surface area contributed by atoms with Crippen LogP contribution in [0.3, 0.4) is 0 Å². The smallest absolute Gasteiger partial charge is 0.329 e. The molecule has 0 bridgehead atoms. The van der Waals surface area contributed by atoms with Crippen LogP contribution in [0.15, 0.2) is 96.7 Å². The number of hydrogen-bond donors (Lipinski definition) is 2. The van der Waals surface area contributed by atoms with E-state index >= 15 is 0 Å². The van der Waals surface area contributed by atoms with Gasteiger partial charge >= 0.3 is 6.03 Å². The molecule has 8 heteroatoms. The maximum absolute atomic E-state index is 13.8. The molecule has 1 heterocycles. The predicted octanol–water partition coefficient (Wildman–Crippen LogP) is 5.09. The molecule has 37 heavy (non-hydrogen) atoms. The molecule has 0 unspecified atom stereocenters. The fourth-order valence-corrected chi connectivity index (χ4v) is 4.07. The third-order valence-corrected chi connectivity index (χ3v) is 5.89. The Hall–Kier alpha value is -4.98. The maximum atomic E-state index is 13.8. The summed E-state index contributed by atoms with van der Waals surface area (Å²) in [6.45, 7) is -0.250. The Kier molecular flexibility index (Phi) is 6.63. The van der Waals surface area contributed by atoms with E-state index in [0.29, 0.717) is 17.9 Å². The Labute approximate surface area is 212 Å². The zero-order chi connectivity index (χ0) is 25.8. The highest BCUT2D eigenvalue weighted by Crippen LogP contribution is 2.25. The van der Waals surface area contributed by atoms with E-state index in [2.05, 4.69) is 10.6 Å². The molecule has 4 aromatic carbocycles. The van der Waals surface area contributed by atoms with E-state index in [0.717, 1.165) is 21.2 Å². The van der Waals surface area contributed by atoms with E-state index in [1.807, 2.05) is 48.5 Å². The van der Waals surface area contributed by atoms with Gasteiger partial charge in [0.15, 0.2) is 0 Å². The minimum absolute atomic E-state index is 0.00454. The normalized spacial score (nSPS) is 14.2. The molecule has 0 aromatic heterocycles. The summed E-state index contributed by atoms with van der Waals surface area (Å²) in [4.78, 5) is 38.4. The number of anilines is 1. The van der Waals surface area contributed by atoms with Gasteiger partial charge in [-0.2, -0.15) is 0 Å². The number of carbonyl (C=O) groups excluding carboxylic acids is 3. The van der Waals surface area contributed by atoms with Gasteiger partial charge in [0, 0.05) is 5.56 Å². The molecule has 0 saturated carbocycles. The van der Waals surface area contributed by atoms with E-state index in [1.165, 1.54) is 24.3 Å². The number of hydrogen-bond acceptors (Lipinski definition) is 4. The molecule has 0 atom stereocenters. The zero-order valence-electron chi connectivity index (χ0n) is 19.6. The molecule has 0 spiro atoms. The monoisotopic (exact) mass is 495 g/mol. The van der Waals surface area contributed by atoms with Gasteiger partial charge in [-0.1, -0.05) is 72.8 Å². The molecule has 5 rings (SSSR count). The summed E-state index contributed by atoms with van der Waals surface area (Å²) in [5.41, 5.74) is 1.57. The van der Waals surface area contributed by atoms with Gasteiger partial charge in [0.05, 0.1) is 5.69 Å². The molecular weight excluding hydrogens is 473 g/mol. The highest BCUT2D eigenvalue weighted by Gasteiger charge is 2.35. The summed E-state index contributed by atoms with van der Waals surface area (Å²) in [5.74, 6) is -1.46. The molecule has 2 N–H and O–H groups in total. The number of nitrogens with zero attached hydrogens (tertiary/aromatic N) is 1. The first-order valence-electron chi connectivity index (χ1n) is 11.6. The van der Waals surface area contributed by atoms with Crippen molar-refractivity contribution in [3.63, 3.8) is 0 Å². The van der Waals surface area contributed by atoms with E-state index in [4.69, 9.17) is 4.74 Å². The minimum Gasteiger partial charge on any atom is -0.488 e. The predicted molar refractivity (Wildman–Crippen MR) is 138 cm³/mol. The van der Waals surface area contributed by atoms with Crippen molar-refractivity contribution in [3.05, 3.63) is 114 Å². The largest absolute Gasteiger partial charge is 0.488 e. The summed E-state index contributed by atoms with van der Waals surface area (Å²) in [6, 6.07) is 26.1. The molecule has 1 saturated heterocycles. The molecule has 184 valence electrons. The lowest BCUT2D eigenvalue weighted by Gasteiger charge is -2.12. The van der Waals surface area contributed by atoms with Crippen LogP contribution in [0.1, 0.15) is 11.1 Å². The lowest BCUT2D eigenvalue weighted by atomic mass is 10.1. The Morgan fingerprint density at radius 3 is 2.51 bits per heavy atom. The van der Waals surface area contributed by atoms with Crippen LogP contribution in [0.25, 0.3) is 16.8 Å². The van der Waals surface area contributed by atoms with E-state index in [9.17, 15) is 18.8 Å². The fraction of sp³-hybridized carbons (Fsp3) is 0.0690. The topological polar surface area (TPSA) is 87.7 Å². The number of halogens is 1. The fourth-order valence-electron chi connectivity index (χ4n) is 4.07. The van der Waals surface area contributed by atoms with Crippen molar-refractivity contribution in [1.82, 2.24) is 10.2 Å². The van der Waals surface area contributed by atoms with Crippen LogP contribution >= 0.6 is 0 Å². The average Bonchev–Trinajstić information content (AvgIpc) is 3.16. The number of nitrogens with one attached hydrogen (secondary N) is 2. The van der Waals surface area contributed by atoms with Gasteiger partial charge in [0.25, 0.3) is 5.91 Å². The first kappa shape index (κ1) is 23.7. The Morgan fingerprint density at radius 1 is 0.919 bits per heavy atom. The molecular formula is C29H22FN3O4. The SMILES string of the molecule is O=C(CN1C(=O)N/C(=C/c2ccccc2OCc2cccc3ccccc23)C1=O)Nc1ccccc1F. The van der Waals surface area contributed by atoms with Crippen LogP contribution in [-0.2, 0) is 16.2 Å². The summed E-state index contributed by atoms with van der Waals surface area (Å²) in [5, 5.41) is 7.06. The molecule has 1 fully saturated rings. The standard InChI is InChI=1S/C29H22FN3O4/c30-23-13-4-5-14-24(23)31-27(34)17-33-28(35)25(32-29(33)36)16-20-9-2-6-15-26(20)37-18-21-11-7-10-19-8-1-3-12-22(19)21/h1-16H,17-18H2,(H,31,34)(H,32,36)/b25-16+. The number of amides is 4. The van der Waals surface area contributed by atoms with Crippen LogP contribution in [0.4, 0.5) is 14.9 Å². The zero-order valence-corrected chi connectivity index (χ0v) is 19.6. The third kappa shape index (κ3) is 5.18. The van der Waals surface area contributed by atoms with Gasteiger partial charge in [-0.25, -0.2) is 14.1 Å². The van der Waals surface area contributed by atoms with Crippen molar-refractivity contribution >= 4 is 40.4 Å². The van der Waals surface area contributed by atoms with E-state index in [1.54, 1.807) is 24.3 Å². The van der Waals surface area contributed by atoms with Crippen molar-refractivity contribution in [2.24, 2.45) is 0 Å². The lowest BCUT2D eigenvalue weighted by molar-refractivity contribution is -0.127. The van der Waals surface area contributed by atoms with Gasteiger partial charge < -0.3 is 15.4 Å². The number of imide groups is 1. The summed E-state index contributed by atoms with van der Waals surface area (Å²) in [6.07, 6.45) is 1.51. The van der Waals surface area contributed by atoms with Crippen molar-refractivity contribution in [2.45, 2.75) is 6.61 Å². The van der Waals surface area contributed by atoms with Crippen molar-refractivity contribution in [2.75, 3.05) is 11.9 Å². The third-order valence-electron chi connectivity index (χ3n) is 5.89. The van der Waals surface area contributed by atoms with Gasteiger partial charge in [0.1, 0.15) is 30.4 Å². The molecule has 7 nitrogen and oxygen atoms in total. The Bertz CT molecular complexity index is 1540. The van der Waals surface area contributed by atoms with Crippen LogP contribution < -0.4 is 15.4 Å². The average molecular weight is 496 g/mol. The van der Waals surface area contributed by atoms with E-state index < -0.39 is 30.2 Å². The maximum Gasteiger partial charge on any atom is 0.329 e. The number of fused-ring (bicyclic) bond motifs is 1. The van der Waals surface area contributed by atoms with Gasteiger partial charge in [-0.15, -0.1) is 0 Å². The van der Waals surface area contributed by atoms with Gasteiger partial charge in [-0.3, -0.25) is 9.59 Å². The Balaban J connectivity index is 1.30. The van der Waals surface area contributed by atoms with E-state index in [-0.39, 0.29) is 11.4 Å². The van der Waals surface area contributed by atoms with Crippen LogP contribution in [0, 0.1) is 5.82 Å². The number of urea groups is 1. The number of rotatable bonds is 7. The number of ether oxygens (including phenoxy) is 1. The quantitative estimate of drug-likeness (QED) is 0.276. The molecule has 1 aliphatic rings. The lowest BCUT2D eigenvalue weighted by Crippen LogP contribution is -2.38. The van der Waals surface area contributed by atoms with Crippen molar-refractivity contribution < 1.29 is 23.5 Å². The van der Waals surface area contributed by atoms with Gasteiger partial charge in [-0.05, 0) is 40.6 Å². The molecule has 4 amide bonds. The number of para-hydroxylation sites is 2.